The molecule has 19 heavy (non-hydrogen) atoms. The van der Waals surface area contributed by atoms with Gasteiger partial charge in [0.2, 0.25) is 0 Å². The lowest BCUT2D eigenvalue weighted by Crippen LogP contribution is -2.43. The van der Waals surface area contributed by atoms with Gasteiger partial charge >= 0.3 is 0 Å². The first-order chi connectivity index (χ1) is 9.00. The molecular weight excluding hydrogens is 244 g/mol. The van der Waals surface area contributed by atoms with Gasteiger partial charge in [-0.05, 0) is 38.3 Å². The van der Waals surface area contributed by atoms with Crippen LogP contribution in [0.25, 0.3) is 0 Å². The number of benzene rings is 1. The van der Waals surface area contributed by atoms with Crippen LogP contribution in [-0.4, -0.2) is 28.7 Å². The highest BCUT2D eigenvalue weighted by molar-refractivity contribution is 5.32. The van der Waals surface area contributed by atoms with E-state index < -0.39 is 4.92 Å². The fourth-order valence-corrected chi connectivity index (χ4v) is 1.93. The Balaban J connectivity index is 2.46. The lowest BCUT2D eigenvalue weighted by Gasteiger charge is -2.29. The summed E-state index contributed by atoms with van der Waals surface area (Å²) in [6.45, 7) is 5.16. The number of nitro groups is 1. The van der Waals surface area contributed by atoms with Gasteiger partial charge in [0.25, 0.3) is 5.69 Å². The van der Waals surface area contributed by atoms with Crippen LogP contribution < -0.4 is 5.32 Å². The Hall–Kier alpha value is -1.46. The van der Waals surface area contributed by atoms with Gasteiger partial charge in [-0.2, -0.15) is 0 Å². The molecule has 1 unspecified atom stereocenters. The van der Waals surface area contributed by atoms with Crippen molar-refractivity contribution in [1.29, 1.82) is 0 Å². The standard InChI is InChI=1S/C14H22N2O3/c1-3-14(2,9-11-17)15-10-8-12-4-6-13(7-5-12)16(18)19/h4-7,15,17H,3,8-11H2,1-2H3. The molecule has 5 heteroatoms. The van der Waals surface area contributed by atoms with Crippen molar-refractivity contribution in [2.45, 2.75) is 38.6 Å². The van der Waals surface area contributed by atoms with Crippen LogP contribution in [0.5, 0.6) is 0 Å². The third-order valence-electron chi connectivity index (χ3n) is 3.56. The Bertz CT molecular complexity index is 406. The van der Waals surface area contributed by atoms with Crippen molar-refractivity contribution in [3.63, 3.8) is 0 Å². The van der Waals surface area contributed by atoms with E-state index in [0.717, 1.165) is 31.4 Å². The smallest absolute Gasteiger partial charge is 0.269 e. The first-order valence-corrected chi connectivity index (χ1v) is 6.60. The Morgan fingerprint density at radius 3 is 2.47 bits per heavy atom. The van der Waals surface area contributed by atoms with Crippen molar-refractivity contribution < 1.29 is 10.0 Å². The summed E-state index contributed by atoms with van der Waals surface area (Å²) in [5.74, 6) is 0. The monoisotopic (exact) mass is 266 g/mol. The molecule has 0 aliphatic heterocycles. The Morgan fingerprint density at radius 2 is 2.00 bits per heavy atom. The zero-order valence-corrected chi connectivity index (χ0v) is 11.6. The van der Waals surface area contributed by atoms with Crippen LogP contribution in [-0.2, 0) is 6.42 Å². The minimum Gasteiger partial charge on any atom is -0.396 e. The first-order valence-electron chi connectivity index (χ1n) is 6.60. The number of hydrogen-bond acceptors (Lipinski definition) is 4. The van der Waals surface area contributed by atoms with E-state index in [1.807, 2.05) is 0 Å². The molecule has 0 aliphatic carbocycles. The van der Waals surface area contributed by atoms with Crippen LogP contribution >= 0.6 is 0 Å². The number of aliphatic hydroxyl groups is 1. The maximum atomic E-state index is 10.5. The summed E-state index contributed by atoms with van der Waals surface area (Å²) in [5, 5.41) is 23.0. The van der Waals surface area contributed by atoms with Crippen LogP contribution in [0.4, 0.5) is 5.69 Å². The third kappa shape index (κ3) is 4.96. The van der Waals surface area contributed by atoms with Crippen LogP contribution in [0.1, 0.15) is 32.3 Å². The molecule has 1 atom stereocenters. The molecule has 0 bridgehead atoms. The molecule has 2 N–H and O–H groups in total. The van der Waals surface area contributed by atoms with Gasteiger partial charge in [-0.3, -0.25) is 10.1 Å². The third-order valence-corrected chi connectivity index (χ3v) is 3.56. The minimum atomic E-state index is -0.391. The van der Waals surface area contributed by atoms with Crippen molar-refractivity contribution in [2.75, 3.05) is 13.2 Å². The van der Waals surface area contributed by atoms with Gasteiger partial charge < -0.3 is 10.4 Å². The fraction of sp³-hybridized carbons (Fsp3) is 0.571. The summed E-state index contributed by atoms with van der Waals surface area (Å²) in [7, 11) is 0. The van der Waals surface area contributed by atoms with Gasteiger partial charge in [0.1, 0.15) is 0 Å². The van der Waals surface area contributed by atoms with E-state index in [2.05, 4.69) is 19.2 Å². The van der Waals surface area contributed by atoms with E-state index in [1.54, 1.807) is 12.1 Å². The molecule has 0 heterocycles. The zero-order valence-electron chi connectivity index (χ0n) is 11.6. The van der Waals surface area contributed by atoms with Crippen molar-refractivity contribution in [2.24, 2.45) is 0 Å². The van der Waals surface area contributed by atoms with Gasteiger partial charge in [0.15, 0.2) is 0 Å². The number of nitro benzene ring substituents is 1. The number of hydrogen-bond donors (Lipinski definition) is 2. The number of aliphatic hydroxyl groups excluding tert-OH is 1. The molecule has 1 aromatic rings. The predicted molar refractivity (Wildman–Crippen MR) is 75.2 cm³/mol. The number of non-ortho nitro benzene ring substituents is 1. The largest absolute Gasteiger partial charge is 0.396 e. The second-order valence-electron chi connectivity index (χ2n) is 4.99. The van der Waals surface area contributed by atoms with Crippen LogP contribution in [0.3, 0.4) is 0 Å². The van der Waals surface area contributed by atoms with Crippen molar-refractivity contribution in [1.82, 2.24) is 5.32 Å². The van der Waals surface area contributed by atoms with Gasteiger partial charge in [0.05, 0.1) is 4.92 Å². The molecule has 0 spiro atoms. The number of nitrogens with zero attached hydrogens (tertiary/aromatic N) is 1. The predicted octanol–water partition coefficient (Wildman–Crippen LogP) is 2.28. The Morgan fingerprint density at radius 1 is 1.37 bits per heavy atom. The summed E-state index contributed by atoms with van der Waals surface area (Å²) < 4.78 is 0. The van der Waals surface area contributed by atoms with Gasteiger partial charge in [-0.15, -0.1) is 0 Å². The van der Waals surface area contributed by atoms with E-state index in [4.69, 9.17) is 5.11 Å². The quantitative estimate of drug-likeness (QED) is 0.559. The van der Waals surface area contributed by atoms with Crippen LogP contribution in [0.15, 0.2) is 24.3 Å². The normalized spacial score (nSPS) is 14.1. The number of rotatable bonds is 8. The van der Waals surface area contributed by atoms with Gasteiger partial charge in [0, 0.05) is 24.3 Å². The van der Waals surface area contributed by atoms with Crippen LogP contribution in [0.2, 0.25) is 0 Å². The molecule has 0 aliphatic rings. The van der Waals surface area contributed by atoms with Crippen molar-refractivity contribution in [3.05, 3.63) is 39.9 Å². The summed E-state index contributed by atoms with van der Waals surface area (Å²) in [4.78, 5) is 10.1. The second kappa shape index (κ2) is 7.21. The first kappa shape index (κ1) is 15.6. The highest BCUT2D eigenvalue weighted by Crippen LogP contribution is 2.15. The van der Waals surface area contributed by atoms with Gasteiger partial charge in [-0.25, -0.2) is 0 Å². The molecule has 5 nitrogen and oxygen atoms in total. The van der Waals surface area contributed by atoms with E-state index in [-0.39, 0.29) is 17.8 Å². The highest BCUT2D eigenvalue weighted by Gasteiger charge is 2.19. The lowest BCUT2D eigenvalue weighted by molar-refractivity contribution is -0.384. The molecule has 0 saturated heterocycles. The van der Waals surface area contributed by atoms with E-state index in [0.29, 0.717) is 0 Å². The average Bonchev–Trinajstić information content (AvgIpc) is 2.39. The van der Waals surface area contributed by atoms with E-state index in [1.165, 1.54) is 12.1 Å². The summed E-state index contributed by atoms with van der Waals surface area (Å²) in [6, 6.07) is 6.63. The lowest BCUT2D eigenvalue weighted by atomic mass is 9.94. The maximum absolute atomic E-state index is 10.5. The minimum absolute atomic E-state index is 0.0461. The fourth-order valence-electron chi connectivity index (χ4n) is 1.93. The summed E-state index contributed by atoms with van der Waals surface area (Å²) in [5.41, 5.74) is 1.14. The van der Waals surface area contributed by atoms with Gasteiger partial charge in [-0.1, -0.05) is 19.1 Å². The molecule has 0 radical (unpaired) electrons. The van der Waals surface area contributed by atoms with Crippen LogP contribution in [0, 0.1) is 10.1 Å². The second-order valence-corrected chi connectivity index (χ2v) is 4.99. The SMILES string of the molecule is CCC(C)(CCO)NCCc1ccc([N+](=O)[O-])cc1. The zero-order chi connectivity index (χ0) is 14.3. The molecular formula is C14H22N2O3. The highest BCUT2D eigenvalue weighted by atomic mass is 16.6. The molecule has 0 saturated carbocycles. The van der Waals surface area contributed by atoms with Crippen molar-refractivity contribution in [3.8, 4) is 0 Å². The molecule has 0 aromatic heterocycles. The summed E-state index contributed by atoms with van der Waals surface area (Å²) in [6.07, 6.45) is 2.50. The molecule has 1 aromatic carbocycles. The number of nitrogens with one attached hydrogen (secondary N) is 1. The topological polar surface area (TPSA) is 75.4 Å². The maximum Gasteiger partial charge on any atom is 0.269 e. The van der Waals surface area contributed by atoms with E-state index in [9.17, 15) is 10.1 Å². The van der Waals surface area contributed by atoms with E-state index >= 15 is 0 Å². The van der Waals surface area contributed by atoms with Crippen molar-refractivity contribution >= 4 is 5.69 Å². The molecule has 0 amide bonds. The molecule has 0 fully saturated rings. The summed E-state index contributed by atoms with van der Waals surface area (Å²) >= 11 is 0. The molecule has 1 rings (SSSR count). The average molecular weight is 266 g/mol. The Kier molecular flexibility index (Phi) is 5.92. The Labute approximate surface area is 113 Å². The molecule has 106 valence electrons.